The van der Waals surface area contributed by atoms with Gasteiger partial charge >= 0.3 is 7.82 Å². The van der Waals surface area contributed by atoms with E-state index < -0.39 is 20.0 Å². The summed E-state index contributed by atoms with van der Waals surface area (Å²) in [5, 5.41) is 14.0. The van der Waals surface area contributed by atoms with Crippen molar-refractivity contribution >= 4 is 13.7 Å². The maximum atomic E-state index is 13.0. The van der Waals surface area contributed by atoms with E-state index in [-0.39, 0.29) is 19.1 Å². The van der Waals surface area contributed by atoms with Gasteiger partial charge in [0.2, 0.25) is 5.91 Å². The van der Waals surface area contributed by atoms with Crippen molar-refractivity contribution in [1.29, 1.82) is 0 Å². The number of nitrogens with zero attached hydrogens (tertiary/aromatic N) is 1. The smallest absolute Gasteiger partial charge is 0.387 e. The van der Waals surface area contributed by atoms with Gasteiger partial charge in [0.25, 0.3) is 0 Å². The van der Waals surface area contributed by atoms with Crippen LogP contribution >= 0.6 is 7.82 Å². The van der Waals surface area contributed by atoms with Crippen molar-refractivity contribution in [2.75, 3.05) is 40.9 Å². The van der Waals surface area contributed by atoms with Gasteiger partial charge in [-0.15, -0.1) is 0 Å². The Hall–Kier alpha value is -1.02. The molecule has 0 saturated carbocycles. The third-order valence-electron chi connectivity index (χ3n) is 15.2. The van der Waals surface area contributed by atoms with Crippen LogP contribution in [0.2, 0.25) is 0 Å². The standard InChI is InChI=1S/C65H129N2O6P/c1-6-8-10-12-14-16-18-20-22-24-26-28-30-32-33-35-36-38-40-42-44-46-48-50-52-54-56-58-64(68)63(62-73-74(70,71)72-61-60-67(3,4)5)66-65(69)59-57-55-53-51-49-47-45-43-41-39-37-34-31-29-27-25-23-21-19-17-15-13-11-9-7-2/h48,50,56,58,63-64,68H,6-47,49,51-55,57,59-62H2,1-5H3,(H-,66,69,70,71)/p+1/b50-48+,58-56+. The number of allylic oxidation sites excluding steroid dienone is 3. The molecule has 74 heavy (non-hydrogen) atoms. The number of nitrogens with one attached hydrogen (secondary N) is 1. The van der Waals surface area contributed by atoms with Crippen molar-refractivity contribution in [2.45, 2.75) is 347 Å². The molecule has 0 spiro atoms. The Kier molecular flexibility index (Phi) is 55.9. The van der Waals surface area contributed by atoms with Crippen LogP contribution in [-0.2, 0) is 18.4 Å². The second-order valence-corrected chi connectivity index (χ2v) is 25.3. The number of likely N-dealkylation sites (N-methyl/N-ethyl adjacent to an activating group) is 1. The number of aliphatic hydroxyl groups excluding tert-OH is 1. The number of rotatable bonds is 61. The molecular formula is C65H130N2O6P+. The topological polar surface area (TPSA) is 105 Å². The Morgan fingerprint density at radius 2 is 0.743 bits per heavy atom. The van der Waals surface area contributed by atoms with E-state index >= 15 is 0 Å². The van der Waals surface area contributed by atoms with Gasteiger partial charge in [-0.05, 0) is 32.1 Å². The van der Waals surface area contributed by atoms with Gasteiger partial charge in [-0.25, -0.2) is 4.57 Å². The van der Waals surface area contributed by atoms with Gasteiger partial charge in [-0.3, -0.25) is 13.8 Å². The molecule has 0 aliphatic rings. The molecule has 0 heterocycles. The summed E-state index contributed by atoms with van der Waals surface area (Å²) in [7, 11) is 1.57. The average Bonchev–Trinajstić information content (AvgIpc) is 3.36. The van der Waals surface area contributed by atoms with Crippen molar-refractivity contribution in [3.63, 3.8) is 0 Å². The van der Waals surface area contributed by atoms with Crippen LogP contribution in [0, 0.1) is 0 Å². The molecule has 0 aromatic heterocycles. The summed E-state index contributed by atoms with van der Waals surface area (Å²) in [6.45, 7) is 4.86. The number of phosphoric ester groups is 1. The molecular weight excluding hydrogens is 936 g/mol. The molecule has 0 aliphatic heterocycles. The molecule has 0 bridgehead atoms. The molecule has 0 aliphatic carbocycles. The normalized spacial score (nSPS) is 13.9. The second kappa shape index (κ2) is 56.7. The predicted octanol–water partition coefficient (Wildman–Crippen LogP) is 20.3. The first-order valence-corrected chi connectivity index (χ1v) is 34.2. The molecule has 8 nitrogen and oxygen atoms in total. The maximum Gasteiger partial charge on any atom is 0.472 e. The van der Waals surface area contributed by atoms with Gasteiger partial charge in [-0.2, -0.15) is 0 Å². The van der Waals surface area contributed by atoms with Crippen LogP contribution in [0.1, 0.15) is 335 Å². The number of carbonyl (C=O) groups is 1. The monoisotopic (exact) mass is 1070 g/mol. The number of hydrogen-bond donors (Lipinski definition) is 3. The van der Waals surface area contributed by atoms with Crippen LogP contribution in [0.3, 0.4) is 0 Å². The second-order valence-electron chi connectivity index (χ2n) is 23.8. The highest BCUT2D eigenvalue weighted by Crippen LogP contribution is 2.43. The third kappa shape index (κ3) is 58.7. The van der Waals surface area contributed by atoms with Crippen LogP contribution in [0.4, 0.5) is 0 Å². The van der Waals surface area contributed by atoms with Crippen molar-refractivity contribution in [2.24, 2.45) is 0 Å². The van der Waals surface area contributed by atoms with Crippen LogP contribution in [-0.4, -0.2) is 73.4 Å². The Labute approximate surface area is 462 Å². The highest BCUT2D eigenvalue weighted by Gasteiger charge is 2.28. The van der Waals surface area contributed by atoms with Crippen LogP contribution in [0.5, 0.6) is 0 Å². The Morgan fingerprint density at radius 3 is 1.08 bits per heavy atom. The third-order valence-corrected chi connectivity index (χ3v) is 16.2. The van der Waals surface area contributed by atoms with Crippen LogP contribution in [0.15, 0.2) is 24.3 Å². The van der Waals surface area contributed by atoms with E-state index in [4.69, 9.17) is 9.05 Å². The molecule has 9 heteroatoms. The number of hydrogen-bond acceptors (Lipinski definition) is 5. The van der Waals surface area contributed by atoms with E-state index in [0.717, 1.165) is 38.5 Å². The van der Waals surface area contributed by atoms with E-state index in [2.05, 4.69) is 31.3 Å². The number of amides is 1. The summed E-state index contributed by atoms with van der Waals surface area (Å²) in [6, 6.07) is -0.861. The van der Waals surface area contributed by atoms with Crippen LogP contribution in [0.25, 0.3) is 0 Å². The zero-order valence-electron chi connectivity index (χ0n) is 50.4. The van der Waals surface area contributed by atoms with E-state index in [1.165, 1.54) is 276 Å². The molecule has 3 unspecified atom stereocenters. The number of quaternary nitrogens is 1. The lowest BCUT2D eigenvalue weighted by atomic mass is 10.0. The fourth-order valence-electron chi connectivity index (χ4n) is 10.1. The van der Waals surface area contributed by atoms with Crippen LogP contribution < -0.4 is 5.32 Å². The van der Waals surface area contributed by atoms with E-state index in [1.54, 1.807) is 6.08 Å². The maximum absolute atomic E-state index is 13.0. The molecule has 1 amide bonds. The van der Waals surface area contributed by atoms with Gasteiger partial charge in [0.15, 0.2) is 0 Å². The first-order valence-electron chi connectivity index (χ1n) is 32.7. The minimum atomic E-state index is -4.36. The van der Waals surface area contributed by atoms with Crippen molar-refractivity contribution < 1.29 is 32.9 Å². The lowest BCUT2D eigenvalue weighted by Gasteiger charge is -2.25. The molecule has 0 aromatic carbocycles. The molecule has 0 fully saturated rings. The van der Waals surface area contributed by atoms with Gasteiger partial charge in [0.05, 0.1) is 39.9 Å². The average molecular weight is 1070 g/mol. The first kappa shape index (κ1) is 73.0. The van der Waals surface area contributed by atoms with E-state index in [9.17, 15) is 19.4 Å². The fraction of sp³-hybridized carbons (Fsp3) is 0.923. The number of aliphatic hydroxyl groups is 1. The van der Waals surface area contributed by atoms with Gasteiger partial charge in [-0.1, -0.05) is 321 Å². The molecule has 3 N–H and O–H groups in total. The predicted molar refractivity (Wildman–Crippen MR) is 323 cm³/mol. The summed E-state index contributed by atoms with van der Waals surface area (Å²) >= 11 is 0. The van der Waals surface area contributed by atoms with E-state index in [0.29, 0.717) is 17.4 Å². The summed E-state index contributed by atoms with van der Waals surface area (Å²) in [4.78, 5) is 23.4. The minimum Gasteiger partial charge on any atom is -0.387 e. The summed E-state index contributed by atoms with van der Waals surface area (Å²) < 4.78 is 23.8. The Balaban J connectivity index is 4.13. The molecule has 0 aromatic rings. The van der Waals surface area contributed by atoms with Crippen molar-refractivity contribution in [3.05, 3.63) is 24.3 Å². The van der Waals surface area contributed by atoms with Gasteiger partial charge in [0, 0.05) is 6.42 Å². The van der Waals surface area contributed by atoms with Gasteiger partial charge in [0.1, 0.15) is 13.2 Å². The van der Waals surface area contributed by atoms with Crippen molar-refractivity contribution in [3.8, 4) is 0 Å². The highest BCUT2D eigenvalue weighted by molar-refractivity contribution is 7.47. The molecule has 3 atom stereocenters. The zero-order chi connectivity index (χ0) is 54.2. The fourth-order valence-corrected chi connectivity index (χ4v) is 10.8. The summed E-state index contributed by atoms with van der Waals surface area (Å²) in [6.07, 6.45) is 73.1. The number of carbonyl (C=O) groups excluding carboxylic acids is 1. The molecule has 0 rings (SSSR count). The lowest BCUT2D eigenvalue weighted by molar-refractivity contribution is -0.870. The molecule has 0 radical (unpaired) electrons. The quantitative estimate of drug-likeness (QED) is 0.0243. The number of unbranched alkanes of at least 4 members (excludes halogenated alkanes) is 46. The lowest BCUT2D eigenvalue weighted by Crippen LogP contribution is -2.45. The zero-order valence-corrected chi connectivity index (χ0v) is 51.3. The van der Waals surface area contributed by atoms with Gasteiger partial charge < -0.3 is 19.8 Å². The minimum absolute atomic E-state index is 0.0590. The summed E-state index contributed by atoms with van der Waals surface area (Å²) in [5.41, 5.74) is 0. The summed E-state index contributed by atoms with van der Waals surface area (Å²) in [5.74, 6) is -0.179. The van der Waals surface area contributed by atoms with E-state index in [1.807, 2.05) is 27.2 Å². The molecule has 440 valence electrons. The Morgan fingerprint density at radius 1 is 0.446 bits per heavy atom. The highest BCUT2D eigenvalue weighted by atomic mass is 31.2. The Bertz CT molecular complexity index is 1260. The number of phosphoric acid groups is 1. The largest absolute Gasteiger partial charge is 0.472 e. The van der Waals surface area contributed by atoms with Crippen molar-refractivity contribution in [1.82, 2.24) is 5.32 Å². The first-order chi connectivity index (χ1) is 36.0. The SMILES string of the molecule is CCCCCCCCCCCCCCCCCCCCCCC/C=C/CC/C=C/C(O)C(COP(=O)(O)OCC[N+](C)(C)C)NC(=O)CCCCCCCCCCCCCCCCCCCCCCCCCCC. The molecule has 0 saturated heterocycles.